The van der Waals surface area contributed by atoms with Crippen LogP contribution >= 0.6 is 0 Å². The van der Waals surface area contributed by atoms with Crippen LogP contribution in [0.5, 0.6) is 5.75 Å². The van der Waals surface area contributed by atoms with Gasteiger partial charge in [0.15, 0.2) is 0 Å². The second-order valence-electron chi connectivity index (χ2n) is 19.7. The van der Waals surface area contributed by atoms with Crippen molar-refractivity contribution < 1.29 is 60.1 Å². The molecule has 74 heavy (non-hydrogen) atoms. The number of carbonyl (C=O) groups excluding carboxylic acids is 5. The molecule has 0 aliphatic rings. The molecule has 2 aromatic rings. The number of hydrogen-bond acceptors (Lipinski definition) is 10. The van der Waals surface area contributed by atoms with Crippen LogP contribution in [0.3, 0.4) is 0 Å². The number of rotatable bonds is 42. The van der Waals surface area contributed by atoms with Crippen LogP contribution in [-0.2, 0) is 19.1 Å². The molecule has 0 bridgehead atoms. The van der Waals surface area contributed by atoms with E-state index < -0.39 is 58.2 Å². The highest BCUT2D eigenvalue weighted by molar-refractivity contribution is 6.03. The normalized spacial score (nSPS) is 12.2. The topological polar surface area (TPSA) is 144 Å². The lowest BCUT2D eigenvalue weighted by Crippen LogP contribution is -2.32. The molecule has 0 saturated carbocycles. The van der Waals surface area contributed by atoms with Gasteiger partial charge in [0.25, 0.3) is 11.8 Å². The molecule has 0 aromatic heterocycles. The van der Waals surface area contributed by atoms with Crippen molar-refractivity contribution in [3.8, 4) is 5.75 Å². The number of nitrogens with one attached hydrogen (secondary N) is 2. The maximum Gasteiger partial charge on any atom is 0.343 e. The number of esters is 3. The molecule has 2 atom stereocenters. The van der Waals surface area contributed by atoms with Crippen LogP contribution in [0.25, 0.3) is 0 Å². The average Bonchev–Trinajstić information content (AvgIpc) is 3.39. The Balaban J connectivity index is 2.03. The van der Waals surface area contributed by atoms with E-state index in [1.54, 1.807) is 0 Å². The summed E-state index contributed by atoms with van der Waals surface area (Å²) in [6, 6.07) is 3.27. The molecule has 0 radical (unpaired) electrons. The first-order valence-corrected chi connectivity index (χ1v) is 27.8. The van der Waals surface area contributed by atoms with Crippen molar-refractivity contribution in [2.24, 2.45) is 0 Å². The molecule has 0 spiro atoms. The molecule has 2 unspecified atom stereocenters. The molecule has 2 N–H and O–H groups in total. The number of hydrogen-bond donors (Lipinski definition) is 2. The van der Waals surface area contributed by atoms with E-state index in [4.69, 9.17) is 9.47 Å². The Bertz CT molecular complexity index is 1900. The highest BCUT2D eigenvalue weighted by Gasteiger charge is 2.30. The summed E-state index contributed by atoms with van der Waals surface area (Å²) in [6.45, 7) is 11.9. The highest BCUT2D eigenvalue weighted by Crippen LogP contribution is 2.30. The largest absolute Gasteiger partial charge is 0.462 e. The lowest BCUT2D eigenvalue weighted by atomic mass is 10.0. The minimum absolute atomic E-state index is 0.00338. The third-order valence-electron chi connectivity index (χ3n) is 13.0. The van der Waals surface area contributed by atoms with Gasteiger partial charge in [-0.05, 0) is 136 Å². The SMILES string of the molecule is CCCCCC(CC)OC(=O)CCCCCCCCN(CCCCCCCCC(=O)OC(CC)CCCCC)CCCNC(=O)c1cc(C(=O)NCCCN(C)C)cc(C(=O)Oc2c(F)c(F)c(F)c(F)c2F)c1. The maximum absolute atomic E-state index is 14.5. The Kier molecular flexibility index (Phi) is 34.4. The minimum Gasteiger partial charge on any atom is -0.462 e. The summed E-state index contributed by atoms with van der Waals surface area (Å²) in [7, 11) is 3.72. The first-order chi connectivity index (χ1) is 35.6. The highest BCUT2D eigenvalue weighted by atomic mass is 19.2. The predicted molar refractivity (Wildman–Crippen MR) is 280 cm³/mol. The Morgan fingerprint density at radius 1 is 0.473 bits per heavy atom. The van der Waals surface area contributed by atoms with Gasteiger partial charge in [-0.3, -0.25) is 19.2 Å². The van der Waals surface area contributed by atoms with Crippen molar-refractivity contribution in [3.05, 3.63) is 64.0 Å². The van der Waals surface area contributed by atoms with Crippen LogP contribution in [0, 0.1) is 29.1 Å². The zero-order chi connectivity index (χ0) is 54.7. The van der Waals surface area contributed by atoms with E-state index in [1.165, 1.54) is 6.07 Å². The fourth-order valence-corrected chi connectivity index (χ4v) is 8.53. The van der Waals surface area contributed by atoms with E-state index in [9.17, 15) is 45.9 Å². The van der Waals surface area contributed by atoms with Crippen molar-refractivity contribution in [3.63, 3.8) is 0 Å². The van der Waals surface area contributed by atoms with Crippen LogP contribution in [0.2, 0.25) is 0 Å². The first kappa shape index (κ1) is 65.5. The number of nitrogens with zero attached hydrogens (tertiary/aromatic N) is 2. The number of ether oxygens (including phenoxy) is 3. The maximum atomic E-state index is 14.5. The van der Waals surface area contributed by atoms with Gasteiger partial charge in [0, 0.05) is 37.1 Å². The smallest absolute Gasteiger partial charge is 0.343 e. The summed E-state index contributed by atoms with van der Waals surface area (Å²) in [5.74, 6) is -16.7. The van der Waals surface area contributed by atoms with Crippen molar-refractivity contribution >= 4 is 29.7 Å². The van der Waals surface area contributed by atoms with E-state index in [-0.39, 0.29) is 48.4 Å². The second kappa shape index (κ2) is 38.8. The Labute approximate surface area is 439 Å². The molecule has 0 heterocycles. The minimum atomic E-state index is -2.43. The van der Waals surface area contributed by atoms with Crippen molar-refractivity contribution in [1.29, 1.82) is 0 Å². The van der Waals surface area contributed by atoms with Gasteiger partial charge in [-0.15, -0.1) is 0 Å². The second-order valence-corrected chi connectivity index (χ2v) is 19.7. The Morgan fingerprint density at radius 2 is 0.851 bits per heavy atom. The van der Waals surface area contributed by atoms with Crippen molar-refractivity contribution in [2.75, 3.05) is 53.4 Å². The quantitative estimate of drug-likeness (QED) is 0.0165. The van der Waals surface area contributed by atoms with Gasteiger partial charge >= 0.3 is 17.9 Å². The molecule has 2 rings (SSSR count). The zero-order valence-corrected chi connectivity index (χ0v) is 45.6. The van der Waals surface area contributed by atoms with E-state index in [0.29, 0.717) is 38.8 Å². The molecule has 17 heteroatoms. The van der Waals surface area contributed by atoms with Crippen LogP contribution < -0.4 is 15.4 Å². The van der Waals surface area contributed by atoms with E-state index in [0.717, 1.165) is 166 Å². The van der Waals surface area contributed by atoms with Gasteiger partial charge < -0.3 is 34.6 Å². The molecule has 2 aromatic carbocycles. The van der Waals surface area contributed by atoms with Crippen LogP contribution in [0.1, 0.15) is 226 Å². The number of halogens is 5. The molecule has 0 aliphatic carbocycles. The summed E-state index contributed by atoms with van der Waals surface area (Å²) >= 11 is 0. The van der Waals surface area contributed by atoms with Gasteiger partial charge in [0.2, 0.25) is 34.8 Å². The number of carbonyl (C=O) groups is 5. The summed E-state index contributed by atoms with van der Waals surface area (Å²) in [5.41, 5.74) is -0.867. The fraction of sp³-hybridized carbons (Fsp3) is 0.702. The standard InChI is InChI=1S/C57H89F5N4O8/c1-7-11-21-29-45(9-3)72-47(67)31-23-17-13-15-19-25-36-66(37-26-20-16-14-18-24-32-48(68)73-46(10-4)30-22-12-8-2)38-28-34-64-56(70)43-39-42(55(69)63-33-27-35-65(5)6)40-44(41-43)57(71)74-54-52(61)50(59)49(58)51(60)53(54)62/h39-41,45-46H,7-38H2,1-6H3,(H,63,69)(H,64,70). The van der Waals surface area contributed by atoms with Crippen molar-refractivity contribution in [1.82, 2.24) is 20.4 Å². The number of amides is 2. The number of benzene rings is 2. The van der Waals surface area contributed by atoms with E-state index in [2.05, 4.69) is 48.0 Å². The van der Waals surface area contributed by atoms with E-state index in [1.807, 2.05) is 19.0 Å². The fourth-order valence-electron chi connectivity index (χ4n) is 8.53. The van der Waals surface area contributed by atoms with Crippen LogP contribution in [-0.4, -0.2) is 105 Å². The Morgan fingerprint density at radius 3 is 1.27 bits per heavy atom. The molecule has 0 fully saturated rings. The summed E-state index contributed by atoms with van der Waals surface area (Å²) in [6.07, 6.45) is 23.9. The molecule has 0 aliphatic heterocycles. The summed E-state index contributed by atoms with van der Waals surface area (Å²) < 4.78 is 86.6. The van der Waals surface area contributed by atoms with Gasteiger partial charge in [-0.2, -0.15) is 8.78 Å². The van der Waals surface area contributed by atoms with Crippen molar-refractivity contribution in [2.45, 2.75) is 207 Å². The lowest BCUT2D eigenvalue weighted by molar-refractivity contribution is -0.150. The first-order valence-electron chi connectivity index (χ1n) is 27.8. The molecule has 12 nitrogen and oxygen atoms in total. The lowest BCUT2D eigenvalue weighted by Gasteiger charge is -2.22. The molecule has 420 valence electrons. The molecule has 0 saturated heterocycles. The van der Waals surface area contributed by atoms with Gasteiger partial charge in [0.05, 0.1) is 5.56 Å². The summed E-state index contributed by atoms with van der Waals surface area (Å²) in [5, 5.41) is 5.51. The summed E-state index contributed by atoms with van der Waals surface area (Å²) in [4.78, 5) is 69.1. The van der Waals surface area contributed by atoms with Crippen LogP contribution in [0.4, 0.5) is 22.0 Å². The zero-order valence-electron chi connectivity index (χ0n) is 45.6. The van der Waals surface area contributed by atoms with Crippen LogP contribution in [0.15, 0.2) is 18.2 Å². The van der Waals surface area contributed by atoms with Gasteiger partial charge in [-0.1, -0.05) is 105 Å². The third kappa shape index (κ3) is 26.7. The van der Waals surface area contributed by atoms with Gasteiger partial charge in [-0.25, -0.2) is 18.0 Å². The average molecular weight is 1050 g/mol. The predicted octanol–water partition coefficient (Wildman–Crippen LogP) is 13.0. The van der Waals surface area contributed by atoms with E-state index >= 15 is 0 Å². The molecule has 2 amide bonds. The van der Waals surface area contributed by atoms with Gasteiger partial charge in [0.1, 0.15) is 12.2 Å². The molecular formula is C57H89F5N4O8. The number of unbranched alkanes of at least 4 members (excludes halogenated alkanes) is 14. The molecular weight excluding hydrogens is 964 g/mol. The Hall–Kier alpha value is -4.64. The monoisotopic (exact) mass is 1050 g/mol. The third-order valence-corrected chi connectivity index (χ3v) is 13.0.